The third-order valence-corrected chi connectivity index (χ3v) is 6.20. The molecule has 0 bridgehead atoms. The van der Waals surface area contributed by atoms with Crippen molar-refractivity contribution in [2.75, 3.05) is 0 Å². The van der Waals surface area contributed by atoms with Crippen molar-refractivity contribution >= 4 is 21.9 Å². The number of nitrogens with zero attached hydrogens (tertiary/aromatic N) is 3. The predicted molar refractivity (Wildman–Crippen MR) is 102 cm³/mol. The minimum Gasteiger partial charge on any atom is -0.306 e. The van der Waals surface area contributed by atoms with Crippen molar-refractivity contribution in [2.45, 2.75) is 32.6 Å². The quantitative estimate of drug-likeness (QED) is 0.503. The summed E-state index contributed by atoms with van der Waals surface area (Å²) >= 11 is 0. The third-order valence-electron chi connectivity index (χ3n) is 6.20. The number of fused-ring (bicyclic) bond motifs is 3. The summed E-state index contributed by atoms with van der Waals surface area (Å²) in [5.41, 5.74) is 6.29. The van der Waals surface area contributed by atoms with Crippen molar-refractivity contribution in [1.82, 2.24) is 14.5 Å². The number of hydrogen-bond acceptors (Lipinski definition) is 2. The molecule has 1 aromatic carbocycles. The van der Waals surface area contributed by atoms with Gasteiger partial charge in [-0.15, -0.1) is 0 Å². The Bertz CT molecular complexity index is 1110. The van der Waals surface area contributed by atoms with Gasteiger partial charge in [0.15, 0.2) is 0 Å². The summed E-state index contributed by atoms with van der Waals surface area (Å²) in [5, 5.41) is 1.25. The largest absolute Gasteiger partial charge is 0.306 e. The second kappa shape index (κ2) is 4.69. The van der Waals surface area contributed by atoms with E-state index in [1.807, 2.05) is 24.5 Å². The van der Waals surface area contributed by atoms with Crippen molar-refractivity contribution < 1.29 is 0 Å². The molecule has 1 aliphatic carbocycles. The molecule has 3 nitrogen and oxygen atoms in total. The highest BCUT2D eigenvalue weighted by molar-refractivity contribution is 6.09. The lowest BCUT2D eigenvalue weighted by atomic mass is 9.89. The minimum absolute atomic E-state index is 0.160. The molecule has 3 aromatic heterocycles. The highest BCUT2D eigenvalue weighted by Gasteiger charge is 2.59. The lowest BCUT2D eigenvalue weighted by Gasteiger charge is -2.16. The maximum atomic E-state index is 4.76. The Labute approximate surface area is 147 Å². The van der Waals surface area contributed by atoms with E-state index >= 15 is 0 Å². The topological polar surface area (TPSA) is 30.7 Å². The van der Waals surface area contributed by atoms with Crippen LogP contribution in [0, 0.1) is 5.41 Å². The van der Waals surface area contributed by atoms with E-state index in [0.717, 1.165) is 22.2 Å². The summed E-state index contributed by atoms with van der Waals surface area (Å²) in [6, 6.07) is 14.6. The second-order valence-electron chi connectivity index (χ2n) is 8.02. The standard InChI is InChI=1S/C22H21N3/c1-21(2)14-22(21,3)16-12-23-13-18-19(16)20-17(10-7-11-24-20)25(18)15-8-5-4-6-9-15/h4-13H,14H2,1-3H3. The molecule has 25 heavy (non-hydrogen) atoms. The molecule has 3 heterocycles. The van der Waals surface area contributed by atoms with Crippen LogP contribution in [0.2, 0.25) is 0 Å². The van der Waals surface area contributed by atoms with E-state index < -0.39 is 0 Å². The summed E-state index contributed by atoms with van der Waals surface area (Å²) in [4.78, 5) is 9.37. The van der Waals surface area contributed by atoms with E-state index in [1.165, 1.54) is 17.4 Å². The maximum absolute atomic E-state index is 4.76. The first-order chi connectivity index (χ1) is 12.0. The van der Waals surface area contributed by atoms with Gasteiger partial charge in [0, 0.05) is 28.9 Å². The fraction of sp³-hybridized carbons (Fsp3) is 0.273. The summed E-state index contributed by atoms with van der Waals surface area (Å²) < 4.78 is 2.28. The summed E-state index contributed by atoms with van der Waals surface area (Å²) in [5.74, 6) is 0. The lowest BCUT2D eigenvalue weighted by molar-refractivity contribution is 0.530. The van der Waals surface area contributed by atoms with Crippen LogP contribution < -0.4 is 0 Å². The van der Waals surface area contributed by atoms with Gasteiger partial charge in [0.1, 0.15) is 0 Å². The fourth-order valence-electron chi connectivity index (χ4n) is 4.34. The van der Waals surface area contributed by atoms with Gasteiger partial charge < -0.3 is 4.57 Å². The summed E-state index contributed by atoms with van der Waals surface area (Å²) in [6.07, 6.45) is 7.11. The molecule has 0 radical (unpaired) electrons. The predicted octanol–water partition coefficient (Wildman–Crippen LogP) is 5.26. The van der Waals surface area contributed by atoms with Crippen LogP contribution in [-0.2, 0) is 5.41 Å². The Morgan fingerprint density at radius 2 is 1.68 bits per heavy atom. The zero-order chi connectivity index (χ0) is 17.2. The molecule has 0 N–H and O–H groups in total. The maximum Gasteiger partial charge on any atom is 0.0967 e. The second-order valence-corrected chi connectivity index (χ2v) is 8.02. The van der Waals surface area contributed by atoms with Crippen molar-refractivity contribution in [3.8, 4) is 5.69 Å². The molecule has 0 amide bonds. The Morgan fingerprint density at radius 3 is 2.40 bits per heavy atom. The molecule has 0 spiro atoms. The summed E-state index contributed by atoms with van der Waals surface area (Å²) in [6.45, 7) is 7.05. The van der Waals surface area contributed by atoms with Crippen molar-refractivity contribution in [2.24, 2.45) is 5.41 Å². The van der Waals surface area contributed by atoms with Crippen LogP contribution in [0.15, 0.2) is 61.1 Å². The fourth-order valence-corrected chi connectivity index (χ4v) is 4.34. The molecule has 1 atom stereocenters. The monoisotopic (exact) mass is 327 g/mol. The zero-order valence-electron chi connectivity index (χ0n) is 14.8. The molecule has 5 rings (SSSR count). The molecule has 1 fully saturated rings. The minimum atomic E-state index is 0.160. The van der Waals surface area contributed by atoms with E-state index in [2.05, 4.69) is 66.9 Å². The van der Waals surface area contributed by atoms with E-state index in [4.69, 9.17) is 4.98 Å². The van der Waals surface area contributed by atoms with Crippen LogP contribution >= 0.6 is 0 Å². The number of para-hydroxylation sites is 1. The Morgan fingerprint density at radius 1 is 0.920 bits per heavy atom. The van der Waals surface area contributed by atoms with Gasteiger partial charge in [-0.2, -0.15) is 0 Å². The molecule has 0 saturated heterocycles. The van der Waals surface area contributed by atoms with Crippen molar-refractivity contribution in [3.05, 3.63) is 66.6 Å². The smallest absolute Gasteiger partial charge is 0.0967 e. The molecule has 4 aromatic rings. The van der Waals surface area contributed by atoms with E-state index in [9.17, 15) is 0 Å². The first-order valence-corrected chi connectivity index (χ1v) is 8.82. The Kier molecular flexibility index (Phi) is 2.75. The SMILES string of the molecule is CC1(C)CC1(C)c1cncc2c1c1ncccc1n2-c1ccccc1. The average Bonchev–Trinajstić information content (AvgIpc) is 2.99. The van der Waals surface area contributed by atoms with Crippen LogP contribution in [0.1, 0.15) is 32.8 Å². The molecule has 0 aliphatic heterocycles. The van der Waals surface area contributed by atoms with Gasteiger partial charge in [0.05, 0.1) is 22.7 Å². The molecule has 1 unspecified atom stereocenters. The Balaban J connectivity index is 1.94. The molecular formula is C22H21N3. The molecule has 124 valence electrons. The first kappa shape index (κ1) is 14.6. The molecular weight excluding hydrogens is 306 g/mol. The zero-order valence-corrected chi connectivity index (χ0v) is 14.8. The number of rotatable bonds is 2. The van der Waals surface area contributed by atoms with Crippen LogP contribution in [0.3, 0.4) is 0 Å². The molecule has 1 aliphatic rings. The number of pyridine rings is 2. The highest BCUT2D eigenvalue weighted by atomic mass is 15.0. The van der Waals surface area contributed by atoms with E-state index in [0.29, 0.717) is 5.41 Å². The Hall–Kier alpha value is -2.68. The molecule has 1 saturated carbocycles. The van der Waals surface area contributed by atoms with Gasteiger partial charge in [0.2, 0.25) is 0 Å². The van der Waals surface area contributed by atoms with Crippen molar-refractivity contribution in [1.29, 1.82) is 0 Å². The first-order valence-electron chi connectivity index (χ1n) is 8.82. The van der Waals surface area contributed by atoms with Gasteiger partial charge in [-0.1, -0.05) is 39.0 Å². The number of benzene rings is 1. The van der Waals surface area contributed by atoms with Gasteiger partial charge in [-0.3, -0.25) is 9.97 Å². The molecule has 3 heteroatoms. The average molecular weight is 327 g/mol. The lowest BCUT2D eigenvalue weighted by Crippen LogP contribution is -2.10. The van der Waals surface area contributed by atoms with Crippen LogP contribution in [0.4, 0.5) is 0 Å². The van der Waals surface area contributed by atoms with Crippen LogP contribution in [0.5, 0.6) is 0 Å². The number of aromatic nitrogens is 3. The van der Waals surface area contributed by atoms with Gasteiger partial charge in [-0.05, 0) is 41.7 Å². The van der Waals surface area contributed by atoms with Gasteiger partial charge in [0.25, 0.3) is 0 Å². The normalized spacial score (nSPS) is 21.7. The number of hydrogen-bond donors (Lipinski definition) is 0. The summed E-state index contributed by atoms with van der Waals surface area (Å²) in [7, 11) is 0. The van der Waals surface area contributed by atoms with Crippen LogP contribution in [-0.4, -0.2) is 14.5 Å². The van der Waals surface area contributed by atoms with Gasteiger partial charge in [-0.25, -0.2) is 0 Å². The third kappa shape index (κ3) is 1.87. The van der Waals surface area contributed by atoms with Crippen molar-refractivity contribution in [3.63, 3.8) is 0 Å². The highest BCUT2D eigenvalue weighted by Crippen LogP contribution is 2.65. The van der Waals surface area contributed by atoms with E-state index in [1.54, 1.807) is 0 Å². The van der Waals surface area contributed by atoms with E-state index in [-0.39, 0.29) is 5.41 Å². The van der Waals surface area contributed by atoms with Gasteiger partial charge >= 0.3 is 0 Å². The van der Waals surface area contributed by atoms with Crippen LogP contribution in [0.25, 0.3) is 27.6 Å².